The van der Waals surface area contributed by atoms with Crippen molar-refractivity contribution < 1.29 is 13.6 Å². The first-order chi connectivity index (χ1) is 12.0. The maximum absolute atomic E-state index is 13.8. The molecule has 130 valence electrons. The number of hydrogen-bond acceptors (Lipinski definition) is 4. The van der Waals surface area contributed by atoms with Gasteiger partial charge in [0.25, 0.3) is 0 Å². The molecule has 0 aliphatic carbocycles. The van der Waals surface area contributed by atoms with Crippen molar-refractivity contribution in [1.82, 2.24) is 15.2 Å². The highest BCUT2D eigenvalue weighted by Crippen LogP contribution is 2.24. The quantitative estimate of drug-likeness (QED) is 0.743. The van der Waals surface area contributed by atoms with Gasteiger partial charge in [-0.15, -0.1) is 11.3 Å². The average Bonchev–Trinajstić information content (AvgIpc) is 3.22. The van der Waals surface area contributed by atoms with Gasteiger partial charge in [0.05, 0.1) is 29.4 Å². The SMILES string of the molecule is Cc1nc(CN(C)C(=O)NCc2ccc(-c3ccccc3F)o2)cs1. The Morgan fingerprint density at radius 1 is 1.32 bits per heavy atom. The zero-order valence-corrected chi connectivity index (χ0v) is 14.8. The van der Waals surface area contributed by atoms with Crippen LogP contribution in [0, 0.1) is 12.7 Å². The van der Waals surface area contributed by atoms with Gasteiger partial charge in [0, 0.05) is 12.4 Å². The fourth-order valence-corrected chi connectivity index (χ4v) is 2.98. The lowest BCUT2D eigenvalue weighted by Crippen LogP contribution is -2.36. The monoisotopic (exact) mass is 359 g/mol. The first-order valence-corrected chi connectivity index (χ1v) is 8.64. The van der Waals surface area contributed by atoms with Gasteiger partial charge >= 0.3 is 6.03 Å². The van der Waals surface area contributed by atoms with Crippen molar-refractivity contribution in [2.75, 3.05) is 7.05 Å². The molecule has 2 heterocycles. The number of thiazole rings is 1. The summed E-state index contributed by atoms with van der Waals surface area (Å²) in [5.74, 6) is 0.656. The topological polar surface area (TPSA) is 58.4 Å². The van der Waals surface area contributed by atoms with E-state index in [1.54, 1.807) is 53.6 Å². The summed E-state index contributed by atoms with van der Waals surface area (Å²) < 4.78 is 19.4. The van der Waals surface area contributed by atoms with Gasteiger partial charge in [0.1, 0.15) is 17.3 Å². The molecule has 1 N–H and O–H groups in total. The molecule has 5 nitrogen and oxygen atoms in total. The summed E-state index contributed by atoms with van der Waals surface area (Å²) in [5.41, 5.74) is 1.26. The minimum atomic E-state index is -0.342. The van der Waals surface area contributed by atoms with Gasteiger partial charge in [-0.2, -0.15) is 0 Å². The van der Waals surface area contributed by atoms with Gasteiger partial charge in [-0.3, -0.25) is 0 Å². The number of amides is 2. The highest BCUT2D eigenvalue weighted by atomic mass is 32.1. The molecule has 3 aromatic rings. The van der Waals surface area contributed by atoms with E-state index < -0.39 is 0 Å². The van der Waals surface area contributed by atoms with Crippen LogP contribution in [0.2, 0.25) is 0 Å². The van der Waals surface area contributed by atoms with E-state index in [1.807, 2.05) is 12.3 Å². The van der Waals surface area contributed by atoms with Crippen molar-refractivity contribution in [3.8, 4) is 11.3 Å². The standard InChI is InChI=1S/C18H18FN3O2S/c1-12-21-13(11-25-12)10-22(2)18(23)20-9-14-7-8-17(24-14)15-5-3-4-6-16(15)19/h3-8,11H,9-10H2,1-2H3,(H,20,23). The van der Waals surface area contributed by atoms with Crippen LogP contribution in [-0.4, -0.2) is 23.0 Å². The third kappa shape index (κ3) is 4.24. The molecule has 2 amide bonds. The van der Waals surface area contributed by atoms with E-state index in [4.69, 9.17) is 4.42 Å². The third-order valence-electron chi connectivity index (χ3n) is 3.63. The molecular formula is C18H18FN3O2S. The van der Waals surface area contributed by atoms with E-state index in [9.17, 15) is 9.18 Å². The van der Waals surface area contributed by atoms with Crippen LogP contribution >= 0.6 is 11.3 Å². The van der Waals surface area contributed by atoms with Crippen LogP contribution in [0.1, 0.15) is 16.5 Å². The van der Waals surface area contributed by atoms with Crippen molar-refractivity contribution >= 4 is 17.4 Å². The van der Waals surface area contributed by atoms with Crippen molar-refractivity contribution in [3.05, 3.63) is 64.1 Å². The van der Waals surface area contributed by atoms with Gasteiger partial charge in [-0.05, 0) is 31.2 Å². The van der Waals surface area contributed by atoms with Crippen LogP contribution < -0.4 is 5.32 Å². The lowest BCUT2D eigenvalue weighted by atomic mass is 10.1. The summed E-state index contributed by atoms with van der Waals surface area (Å²) in [4.78, 5) is 18.0. The number of nitrogens with one attached hydrogen (secondary N) is 1. The second-order valence-corrected chi connectivity index (χ2v) is 6.68. The van der Waals surface area contributed by atoms with E-state index in [0.29, 0.717) is 23.6 Å². The molecule has 0 fully saturated rings. The highest BCUT2D eigenvalue weighted by Gasteiger charge is 2.13. The maximum atomic E-state index is 13.8. The zero-order chi connectivity index (χ0) is 17.8. The number of nitrogens with zero attached hydrogens (tertiary/aromatic N) is 2. The third-order valence-corrected chi connectivity index (χ3v) is 4.45. The van der Waals surface area contributed by atoms with Crippen molar-refractivity contribution in [1.29, 1.82) is 0 Å². The first kappa shape index (κ1) is 17.2. The molecule has 0 aliphatic rings. The molecule has 2 aromatic heterocycles. The van der Waals surface area contributed by atoms with Gasteiger partial charge in [0.2, 0.25) is 0 Å². The van der Waals surface area contributed by atoms with E-state index in [-0.39, 0.29) is 18.4 Å². The zero-order valence-electron chi connectivity index (χ0n) is 14.0. The molecule has 0 bridgehead atoms. The fraction of sp³-hybridized carbons (Fsp3) is 0.222. The van der Waals surface area contributed by atoms with Crippen LogP contribution in [0.4, 0.5) is 9.18 Å². The Hall–Kier alpha value is -2.67. The Morgan fingerprint density at radius 3 is 2.84 bits per heavy atom. The number of aromatic nitrogens is 1. The van der Waals surface area contributed by atoms with Crippen LogP contribution in [0.5, 0.6) is 0 Å². The average molecular weight is 359 g/mol. The number of aryl methyl sites for hydroxylation is 1. The molecule has 0 aliphatic heterocycles. The number of hydrogen-bond donors (Lipinski definition) is 1. The number of halogens is 1. The summed E-state index contributed by atoms with van der Waals surface area (Å²) in [6.07, 6.45) is 0. The van der Waals surface area contributed by atoms with Crippen LogP contribution in [0.25, 0.3) is 11.3 Å². The number of rotatable bonds is 5. The van der Waals surface area contributed by atoms with E-state index in [2.05, 4.69) is 10.3 Å². The Balaban J connectivity index is 1.56. The second-order valence-electron chi connectivity index (χ2n) is 5.62. The van der Waals surface area contributed by atoms with Gasteiger partial charge in [-0.1, -0.05) is 12.1 Å². The predicted molar refractivity (Wildman–Crippen MR) is 94.7 cm³/mol. The molecule has 0 unspecified atom stereocenters. The number of carbonyl (C=O) groups excluding carboxylic acids is 1. The molecule has 0 saturated heterocycles. The largest absolute Gasteiger partial charge is 0.459 e. The summed E-state index contributed by atoms with van der Waals surface area (Å²) in [6.45, 7) is 2.60. The van der Waals surface area contributed by atoms with Crippen LogP contribution in [0.15, 0.2) is 46.2 Å². The Morgan fingerprint density at radius 2 is 2.12 bits per heavy atom. The summed E-state index contributed by atoms with van der Waals surface area (Å²) in [6, 6.07) is 9.61. The minimum Gasteiger partial charge on any atom is -0.459 e. The highest BCUT2D eigenvalue weighted by molar-refractivity contribution is 7.09. The lowest BCUT2D eigenvalue weighted by molar-refractivity contribution is 0.205. The van der Waals surface area contributed by atoms with Gasteiger partial charge in [-0.25, -0.2) is 14.2 Å². The molecule has 25 heavy (non-hydrogen) atoms. The Kier molecular flexibility index (Phi) is 5.14. The number of furan rings is 1. The second kappa shape index (κ2) is 7.48. The molecule has 0 atom stereocenters. The fourth-order valence-electron chi connectivity index (χ4n) is 2.37. The number of carbonyl (C=O) groups is 1. The smallest absolute Gasteiger partial charge is 0.317 e. The molecule has 0 spiro atoms. The van der Waals surface area contributed by atoms with Gasteiger partial charge < -0.3 is 14.6 Å². The summed E-state index contributed by atoms with van der Waals surface area (Å²) in [7, 11) is 1.71. The van der Waals surface area contributed by atoms with E-state index >= 15 is 0 Å². The van der Waals surface area contributed by atoms with Gasteiger partial charge in [0.15, 0.2) is 0 Å². The molecule has 3 rings (SSSR count). The van der Waals surface area contributed by atoms with E-state index in [0.717, 1.165) is 10.7 Å². The lowest BCUT2D eigenvalue weighted by Gasteiger charge is -2.16. The van der Waals surface area contributed by atoms with Crippen molar-refractivity contribution in [3.63, 3.8) is 0 Å². The normalized spacial score (nSPS) is 10.7. The van der Waals surface area contributed by atoms with Crippen LogP contribution in [0.3, 0.4) is 0 Å². The molecular weight excluding hydrogens is 341 g/mol. The first-order valence-electron chi connectivity index (χ1n) is 7.76. The number of urea groups is 1. The molecule has 1 aromatic carbocycles. The maximum Gasteiger partial charge on any atom is 0.317 e. The molecule has 7 heteroatoms. The molecule has 0 radical (unpaired) electrons. The minimum absolute atomic E-state index is 0.227. The van der Waals surface area contributed by atoms with Crippen molar-refractivity contribution in [2.24, 2.45) is 0 Å². The number of benzene rings is 1. The van der Waals surface area contributed by atoms with E-state index in [1.165, 1.54) is 6.07 Å². The summed E-state index contributed by atoms with van der Waals surface area (Å²) in [5, 5.41) is 5.69. The van der Waals surface area contributed by atoms with Crippen molar-refractivity contribution in [2.45, 2.75) is 20.0 Å². The Labute approximate surface area is 149 Å². The summed E-state index contributed by atoms with van der Waals surface area (Å²) >= 11 is 1.56. The Bertz CT molecular complexity index is 875. The molecule has 0 saturated carbocycles. The van der Waals surface area contributed by atoms with Crippen LogP contribution in [-0.2, 0) is 13.1 Å². The predicted octanol–water partition coefficient (Wildman–Crippen LogP) is 4.19.